The van der Waals surface area contributed by atoms with Crippen molar-refractivity contribution in [3.63, 3.8) is 0 Å². The average molecular weight is 190 g/mol. The quantitative estimate of drug-likeness (QED) is 0.502. The Balaban J connectivity index is 3.24. The lowest BCUT2D eigenvalue weighted by Crippen LogP contribution is -2.20. The summed E-state index contributed by atoms with van der Waals surface area (Å²) in [4.78, 5) is 0. The van der Waals surface area contributed by atoms with Crippen molar-refractivity contribution in [2.45, 2.75) is 57.7 Å². The molecule has 0 spiro atoms. The molecule has 0 unspecified atom stereocenters. The molecule has 2 atom stereocenters. The standard InChI is InChI=1S/C10H22O3/c1-2-3-4-5-6-9(12)7-10(13)8-11/h9-13H,2-8H2,1H3/t9-,10+/m1/s1. The molecule has 0 amide bonds. The minimum atomic E-state index is -0.763. The molecule has 0 aromatic heterocycles. The molecule has 0 aliphatic rings. The van der Waals surface area contributed by atoms with Crippen LogP contribution in [0, 0.1) is 0 Å². The van der Waals surface area contributed by atoms with Gasteiger partial charge in [-0.3, -0.25) is 0 Å². The first kappa shape index (κ1) is 12.9. The molecular weight excluding hydrogens is 168 g/mol. The summed E-state index contributed by atoms with van der Waals surface area (Å²) in [5, 5.41) is 26.9. The molecule has 80 valence electrons. The summed E-state index contributed by atoms with van der Waals surface area (Å²) >= 11 is 0. The lowest BCUT2D eigenvalue weighted by atomic mass is 10.0. The SMILES string of the molecule is CCCCCC[C@@H](O)C[C@H](O)CO. The lowest BCUT2D eigenvalue weighted by molar-refractivity contribution is 0.0380. The zero-order valence-electron chi connectivity index (χ0n) is 8.45. The number of rotatable bonds is 8. The minimum Gasteiger partial charge on any atom is -0.394 e. The fourth-order valence-electron chi connectivity index (χ4n) is 1.31. The van der Waals surface area contributed by atoms with Crippen LogP contribution in [-0.2, 0) is 0 Å². The summed E-state index contributed by atoms with van der Waals surface area (Å²) in [6.07, 6.45) is 4.35. The Morgan fingerprint density at radius 1 is 1.00 bits per heavy atom. The molecule has 0 rings (SSSR count). The van der Waals surface area contributed by atoms with Crippen LogP contribution in [0.4, 0.5) is 0 Å². The first-order valence-electron chi connectivity index (χ1n) is 5.17. The molecule has 0 aromatic rings. The zero-order valence-corrected chi connectivity index (χ0v) is 8.45. The van der Waals surface area contributed by atoms with Crippen molar-refractivity contribution >= 4 is 0 Å². The molecule has 0 fully saturated rings. The maximum Gasteiger partial charge on any atom is 0.0795 e. The van der Waals surface area contributed by atoms with Gasteiger partial charge >= 0.3 is 0 Å². The summed E-state index contributed by atoms with van der Waals surface area (Å²) in [5.74, 6) is 0. The van der Waals surface area contributed by atoms with E-state index >= 15 is 0 Å². The third kappa shape index (κ3) is 8.22. The molecule has 13 heavy (non-hydrogen) atoms. The summed E-state index contributed by atoms with van der Waals surface area (Å²) in [7, 11) is 0. The van der Waals surface area contributed by atoms with Gasteiger partial charge in [-0.1, -0.05) is 32.6 Å². The summed E-state index contributed by atoms with van der Waals surface area (Å²) in [6, 6.07) is 0. The Kier molecular flexibility index (Phi) is 8.40. The van der Waals surface area contributed by atoms with E-state index in [0.29, 0.717) is 6.42 Å². The van der Waals surface area contributed by atoms with Crippen LogP contribution in [0.25, 0.3) is 0 Å². The number of unbranched alkanes of at least 4 members (excludes halogenated alkanes) is 3. The molecule has 0 aromatic carbocycles. The fraction of sp³-hybridized carbons (Fsp3) is 1.00. The van der Waals surface area contributed by atoms with Gasteiger partial charge in [0.25, 0.3) is 0 Å². The maximum atomic E-state index is 9.38. The zero-order chi connectivity index (χ0) is 10.1. The normalized spacial score (nSPS) is 15.7. The van der Waals surface area contributed by atoms with E-state index in [1.54, 1.807) is 0 Å². The average Bonchev–Trinajstić information content (AvgIpc) is 2.12. The second-order valence-electron chi connectivity index (χ2n) is 3.58. The minimum absolute atomic E-state index is 0.258. The van der Waals surface area contributed by atoms with E-state index in [-0.39, 0.29) is 6.61 Å². The van der Waals surface area contributed by atoms with Crippen molar-refractivity contribution < 1.29 is 15.3 Å². The fourth-order valence-corrected chi connectivity index (χ4v) is 1.31. The van der Waals surface area contributed by atoms with Crippen molar-refractivity contribution in [3.05, 3.63) is 0 Å². The van der Waals surface area contributed by atoms with Crippen LogP contribution >= 0.6 is 0 Å². The third-order valence-electron chi connectivity index (χ3n) is 2.15. The maximum absolute atomic E-state index is 9.38. The van der Waals surface area contributed by atoms with Crippen LogP contribution < -0.4 is 0 Å². The highest BCUT2D eigenvalue weighted by Crippen LogP contribution is 2.09. The summed E-state index contributed by atoms with van der Waals surface area (Å²) < 4.78 is 0. The number of aliphatic hydroxyl groups is 3. The molecule has 0 aliphatic heterocycles. The summed E-state index contributed by atoms with van der Waals surface area (Å²) in [6.45, 7) is 1.89. The predicted molar refractivity (Wildman–Crippen MR) is 52.5 cm³/mol. The number of hydrogen-bond acceptors (Lipinski definition) is 3. The molecule has 0 bridgehead atoms. The Hall–Kier alpha value is -0.120. The molecule has 0 saturated heterocycles. The van der Waals surface area contributed by atoms with Crippen molar-refractivity contribution in [2.24, 2.45) is 0 Å². The molecule has 3 N–H and O–H groups in total. The van der Waals surface area contributed by atoms with Gasteiger partial charge in [0, 0.05) is 6.42 Å². The van der Waals surface area contributed by atoms with E-state index in [4.69, 9.17) is 10.2 Å². The molecule has 3 nitrogen and oxygen atoms in total. The highest BCUT2D eigenvalue weighted by Gasteiger charge is 2.09. The van der Waals surface area contributed by atoms with Crippen LogP contribution in [0.1, 0.15) is 45.4 Å². The van der Waals surface area contributed by atoms with Gasteiger partial charge in [-0.05, 0) is 6.42 Å². The van der Waals surface area contributed by atoms with E-state index in [1.165, 1.54) is 12.8 Å². The second kappa shape index (κ2) is 8.48. The highest BCUT2D eigenvalue weighted by atomic mass is 16.3. The molecule has 3 heteroatoms. The van der Waals surface area contributed by atoms with E-state index in [2.05, 4.69) is 6.92 Å². The van der Waals surface area contributed by atoms with Crippen LogP contribution in [0.3, 0.4) is 0 Å². The van der Waals surface area contributed by atoms with Gasteiger partial charge in [0.2, 0.25) is 0 Å². The van der Waals surface area contributed by atoms with E-state index < -0.39 is 12.2 Å². The molecule has 0 saturated carbocycles. The van der Waals surface area contributed by atoms with Crippen molar-refractivity contribution in [1.82, 2.24) is 0 Å². The van der Waals surface area contributed by atoms with Gasteiger partial charge in [-0.25, -0.2) is 0 Å². The molecule has 0 aliphatic carbocycles. The Labute approximate surface area is 80.4 Å². The number of hydrogen-bond donors (Lipinski definition) is 3. The van der Waals surface area contributed by atoms with Crippen LogP contribution in [0.5, 0.6) is 0 Å². The largest absolute Gasteiger partial charge is 0.394 e. The first-order valence-corrected chi connectivity index (χ1v) is 5.17. The predicted octanol–water partition coefficient (Wildman–Crippen LogP) is 1.06. The van der Waals surface area contributed by atoms with Gasteiger partial charge in [0.15, 0.2) is 0 Å². The Morgan fingerprint density at radius 2 is 1.69 bits per heavy atom. The Bertz CT molecular complexity index is 106. The second-order valence-corrected chi connectivity index (χ2v) is 3.58. The molecular formula is C10H22O3. The third-order valence-corrected chi connectivity index (χ3v) is 2.15. The molecule has 0 heterocycles. The lowest BCUT2D eigenvalue weighted by Gasteiger charge is -2.13. The Morgan fingerprint density at radius 3 is 2.23 bits per heavy atom. The van der Waals surface area contributed by atoms with E-state index in [9.17, 15) is 5.11 Å². The van der Waals surface area contributed by atoms with Crippen molar-refractivity contribution in [2.75, 3.05) is 6.61 Å². The van der Waals surface area contributed by atoms with Gasteiger partial charge in [0.1, 0.15) is 0 Å². The van der Waals surface area contributed by atoms with E-state index in [1.807, 2.05) is 0 Å². The van der Waals surface area contributed by atoms with Crippen LogP contribution in [-0.4, -0.2) is 34.1 Å². The smallest absolute Gasteiger partial charge is 0.0795 e. The summed E-state index contributed by atoms with van der Waals surface area (Å²) in [5.41, 5.74) is 0. The van der Waals surface area contributed by atoms with E-state index in [0.717, 1.165) is 19.3 Å². The van der Waals surface area contributed by atoms with Gasteiger partial charge in [0.05, 0.1) is 18.8 Å². The van der Waals surface area contributed by atoms with Crippen molar-refractivity contribution in [3.8, 4) is 0 Å². The van der Waals surface area contributed by atoms with Gasteiger partial charge in [-0.2, -0.15) is 0 Å². The van der Waals surface area contributed by atoms with Crippen LogP contribution in [0.15, 0.2) is 0 Å². The number of aliphatic hydroxyl groups excluding tert-OH is 3. The molecule has 0 radical (unpaired) electrons. The highest BCUT2D eigenvalue weighted by molar-refractivity contribution is 4.62. The van der Waals surface area contributed by atoms with Gasteiger partial charge < -0.3 is 15.3 Å². The van der Waals surface area contributed by atoms with Crippen molar-refractivity contribution in [1.29, 1.82) is 0 Å². The first-order chi connectivity index (χ1) is 6.20. The van der Waals surface area contributed by atoms with Crippen LogP contribution in [0.2, 0.25) is 0 Å². The van der Waals surface area contributed by atoms with Gasteiger partial charge in [-0.15, -0.1) is 0 Å². The monoisotopic (exact) mass is 190 g/mol. The topological polar surface area (TPSA) is 60.7 Å².